The SMILES string of the molecule is CCOC(=O)CC1(CC(C)C)NC(=O)NC1=O. The summed E-state index contributed by atoms with van der Waals surface area (Å²) in [4.78, 5) is 34.5. The quantitative estimate of drug-likeness (QED) is 0.545. The van der Waals surface area contributed by atoms with E-state index in [0.717, 1.165) is 0 Å². The van der Waals surface area contributed by atoms with E-state index in [1.807, 2.05) is 13.8 Å². The van der Waals surface area contributed by atoms with Gasteiger partial charge in [0.25, 0.3) is 5.91 Å². The fourth-order valence-corrected chi connectivity index (χ4v) is 2.02. The summed E-state index contributed by atoms with van der Waals surface area (Å²) in [6, 6.07) is -0.556. The zero-order valence-corrected chi connectivity index (χ0v) is 10.3. The van der Waals surface area contributed by atoms with Crippen molar-refractivity contribution < 1.29 is 19.1 Å². The first-order chi connectivity index (χ1) is 7.89. The highest BCUT2D eigenvalue weighted by Gasteiger charge is 2.48. The third kappa shape index (κ3) is 3.18. The van der Waals surface area contributed by atoms with Crippen LogP contribution in [0.4, 0.5) is 4.79 Å². The van der Waals surface area contributed by atoms with Crippen molar-refractivity contribution in [3.63, 3.8) is 0 Å². The number of amides is 3. The average molecular weight is 242 g/mol. The van der Waals surface area contributed by atoms with Gasteiger partial charge in [-0.15, -0.1) is 0 Å². The molecule has 0 aliphatic carbocycles. The number of ether oxygens (including phenoxy) is 1. The van der Waals surface area contributed by atoms with Crippen LogP contribution in [0.1, 0.15) is 33.6 Å². The molecule has 6 heteroatoms. The summed E-state index contributed by atoms with van der Waals surface area (Å²) in [7, 11) is 0. The lowest BCUT2D eigenvalue weighted by molar-refractivity contribution is -0.147. The van der Waals surface area contributed by atoms with Gasteiger partial charge in [-0.2, -0.15) is 0 Å². The number of urea groups is 1. The smallest absolute Gasteiger partial charge is 0.322 e. The molecule has 1 saturated heterocycles. The Morgan fingerprint density at radius 1 is 1.41 bits per heavy atom. The molecule has 0 aromatic rings. The van der Waals surface area contributed by atoms with Gasteiger partial charge in [0, 0.05) is 0 Å². The van der Waals surface area contributed by atoms with Gasteiger partial charge in [-0.25, -0.2) is 4.79 Å². The highest BCUT2D eigenvalue weighted by atomic mass is 16.5. The van der Waals surface area contributed by atoms with Gasteiger partial charge in [-0.1, -0.05) is 13.8 Å². The second-order valence-electron chi connectivity index (χ2n) is 4.57. The van der Waals surface area contributed by atoms with Crippen molar-refractivity contribution in [2.75, 3.05) is 6.61 Å². The van der Waals surface area contributed by atoms with Crippen LogP contribution in [0.15, 0.2) is 0 Å². The molecule has 1 aliphatic rings. The topological polar surface area (TPSA) is 84.5 Å². The predicted octanol–water partition coefficient (Wildman–Crippen LogP) is 0.564. The zero-order chi connectivity index (χ0) is 13.1. The van der Waals surface area contributed by atoms with Crippen molar-refractivity contribution in [1.82, 2.24) is 10.6 Å². The van der Waals surface area contributed by atoms with Crippen LogP contribution < -0.4 is 10.6 Å². The minimum atomic E-state index is -1.16. The number of hydrogen-bond acceptors (Lipinski definition) is 4. The first-order valence-electron chi connectivity index (χ1n) is 5.69. The second-order valence-corrected chi connectivity index (χ2v) is 4.57. The number of carbonyl (C=O) groups excluding carboxylic acids is 3. The molecule has 0 radical (unpaired) electrons. The Kier molecular flexibility index (Phi) is 4.09. The molecule has 17 heavy (non-hydrogen) atoms. The van der Waals surface area contributed by atoms with E-state index >= 15 is 0 Å². The van der Waals surface area contributed by atoms with Crippen LogP contribution in [-0.2, 0) is 14.3 Å². The largest absolute Gasteiger partial charge is 0.466 e. The van der Waals surface area contributed by atoms with Crippen LogP contribution in [0.25, 0.3) is 0 Å². The molecule has 1 fully saturated rings. The molecular weight excluding hydrogens is 224 g/mol. The van der Waals surface area contributed by atoms with E-state index in [0.29, 0.717) is 6.42 Å². The number of carbonyl (C=O) groups is 3. The Hall–Kier alpha value is -1.59. The number of imide groups is 1. The summed E-state index contributed by atoms with van der Waals surface area (Å²) in [5.41, 5.74) is -1.16. The summed E-state index contributed by atoms with van der Waals surface area (Å²) in [6.45, 7) is 5.79. The van der Waals surface area contributed by atoms with Crippen molar-refractivity contribution in [3.8, 4) is 0 Å². The van der Waals surface area contributed by atoms with Crippen molar-refractivity contribution in [1.29, 1.82) is 0 Å². The Morgan fingerprint density at radius 2 is 2.06 bits per heavy atom. The molecule has 1 heterocycles. The van der Waals surface area contributed by atoms with E-state index in [4.69, 9.17) is 4.74 Å². The fraction of sp³-hybridized carbons (Fsp3) is 0.727. The third-order valence-electron chi connectivity index (χ3n) is 2.52. The van der Waals surface area contributed by atoms with Crippen molar-refractivity contribution in [2.24, 2.45) is 5.92 Å². The molecule has 0 saturated carbocycles. The van der Waals surface area contributed by atoms with Gasteiger partial charge in [0.2, 0.25) is 0 Å². The van der Waals surface area contributed by atoms with Crippen LogP contribution in [0.2, 0.25) is 0 Å². The Balaban J connectivity index is 2.83. The van der Waals surface area contributed by atoms with Gasteiger partial charge in [-0.3, -0.25) is 14.9 Å². The minimum Gasteiger partial charge on any atom is -0.466 e. The van der Waals surface area contributed by atoms with E-state index in [9.17, 15) is 14.4 Å². The summed E-state index contributed by atoms with van der Waals surface area (Å²) >= 11 is 0. The van der Waals surface area contributed by atoms with Gasteiger partial charge in [-0.05, 0) is 19.3 Å². The first kappa shape index (κ1) is 13.5. The monoisotopic (exact) mass is 242 g/mol. The van der Waals surface area contributed by atoms with Gasteiger partial charge < -0.3 is 10.1 Å². The van der Waals surface area contributed by atoms with E-state index in [-0.39, 0.29) is 18.9 Å². The van der Waals surface area contributed by atoms with E-state index in [1.54, 1.807) is 6.92 Å². The predicted molar refractivity (Wildman–Crippen MR) is 60.1 cm³/mol. The van der Waals surface area contributed by atoms with Crippen LogP contribution in [0, 0.1) is 5.92 Å². The molecule has 2 N–H and O–H groups in total. The zero-order valence-electron chi connectivity index (χ0n) is 10.3. The maximum absolute atomic E-state index is 11.8. The maximum atomic E-state index is 11.8. The molecule has 6 nitrogen and oxygen atoms in total. The molecule has 0 aromatic heterocycles. The van der Waals surface area contributed by atoms with Crippen LogP contribution in [-0.4, -0.2) is 30.1 Å². The Morgan fingerprint density at radius 3 is 2.47 bits per heavy atom. The van der Waals surface area contributed by atoms with Crippen molar-refractivity contribution >= 4 is 17.9 Å². The summed E-state index contributed by atoms with van der Waals surface area (Å²) < 4.78 is 4.82. The highest BCUT2D eigenvalue weighted by Crippen LogP contribution is 2.25. The molecule has 1 atom stereocenters. The number of rotatable bonds is 5. The third-order valence-corrected chi connectivity index (χ3v) is 2.52. The molecular formula is C11H18N2O4. The lowest BCUT2D eigenvalue weighted by Gasteiger charge is -2.26. The van der Waals surface area contributed by atoms with Gasteiger partial charge in [0.1, 0.15) is 5.54 Å². The normalized spacial score (nSPS) is 23.5. The summed E-state index contributed by atoms with van der Waals surface area (Å²) in [6.07, 6.45) is 0.278. The number of hydrogen-bond donors (Lipinski definition) is 2. The molecule has 0 spiro atoms. The maximum Gasteiger partial charge on any atom is 0.322 e. The van der Waals surface area contributed by atoms with Crippen LogP contribution in [0.5, 0.6) is 0 Å². The minimum absolute atomic E-state index is 0.128. The van der Waals surface area contributed by atoms with Crippen LogP contribution in [0.3, 0.4) is 0 Å². The molecule has 96 valence electrons. The molecule has 1 unspecified atom stereocenters. The standard InChI is InChI=1S/C11H18N2O4/c1-4-17-8(14)6-11(5-7(2)3)9(15)12-10(16)13-11/h7H,4-6H2,1-3H3,(H2,12,13,15,16). The summed E-state index contributed by atoms with van der Waals surface area (Å²) in [5, 5.41) is 4.70. The molecule has 0 aromatic carbocycles. The molecule has 3 amide bonds. The van der Waals surface area contributed by atoms with Gasteiger partial charge in [0.05, 0.1) is 13.0 Å². The first-order valence-corrected chi connectivity index (χ1v) is 5.69. The Labute approximate surface area is 100 Å². The molecule has 1 rings (SSSR count). The van der Waals surface area contributed by atoms with Gasteiger partial charge in [0.15, 0.2) is 0 Å². The van der Waals surface area contributed by atoms with Crippen LogP contribution >= 0.6 is 0 Å². The second kappa shape index (κ2) is 5.16. The Bertz CT molecular complexity index is 340. The number of nitrogens with one attached hydrogen (secondary N) is 2. The van der Waals surface area contributed by atoms with E-state index in [2.05, 4.69) is 10.6 Å². The summed E-state index contributed by atoms with van der Waals surface area (Å²) in [5.74, 6) is -0.761. The lowest BCUT2D eigenvalue weighted by atomic mass is 9.86. The lowest BCUT2D eigenvalue weighted by Crippen LogP contribution is -2.49. The van der Waals surface area contributed by atoms with Gasteiger partial charge >= 0.3 is 12.0 Å². The number of esters is 1. The average Bonchev–Trinajstić information content (AvgIpc) is 2.39. The highest BCUT2D eigenvalue weighted by molar-refractivity contribution is 6.08. The molecule has 0 bridgehead atoms. The van der Waals surface area contributed by atoms with E-state index < -0.39 is 23.4 Å². The fourth-order valence-electron chi connectivity index (χ4n) is 2.02. The van der Waals surface area contributed by atoms with E-state index in [1.165, 1.54) is 0 Å². The van der Waals surface area contributed by atoms with Crippen molar-refractivity contribution in [2.45, 2.75) is 39.2 Å². The molecule has 1 aliphatic heterocycles. The van der Waals surface area contributed by atoms with Crippen molar-refractivity contribution in [3.05, 3.63) is 0 Å².